The molecule has 2 rings (SSSR count). The van der Waals surface area contributed by atoms with Crippen LogP contribution in [-0.4, -0.2) is 60.1 Å². The maximum Gasteiger partial charge on any atom is 0.240 e. The SMILES string of the molecule is CN(CC(=O)NC(C)(C)C)C(=O)CN(C)C1CCSc2ccc(Br)cc21. The first-order valence-corrected chi connectivity index (χ1v) is 10.5. The van der Waals surface area contributed by atoms with E-state index in [0.717, 1.165) is 16.6 Å². The number of nitrogens with zero attached hydrogens (tertiary/aromatic N) is 2. The van der Waals surface area contributed by atoms with E-state index in [1.165, 1.54) is 15.4 Å². The monoisotopic (exact) mass is 441 g/mol. The van der Waals surface area contributed by atoms with Gasteiger partial charge in [0.15, 0.2) is 0 Å². The number of amides is 2. The van der Waals surface area contributed by atoms with Gasteiger partial charge in [-0.15, -0.1) is 11.8 Å². The van der Waals surface area contributed by atoms with Gasteiger partial charge in [-0.05, 0) is 63.8 Å². The zero-order valence-corrected chi connectivity index (χ0v) is 18.5. The molecular formula is C19H28BrN3O2S. The summed E-state index contributed by atoms with van der Waals surface area (Å²) >= 11 is 5.41. The number of nitrogens with one attached hydrogen (secondary N) is 1. The molecule has 1 heterocycles. The summed E-state index contributed by atoms with van der Waals surface area (Å²) in [6.07, 6.45) is 1.01. The molecular weight excluding hydrogens is 414 g/mol. The second kappa shape index (κ2) is 8.76. The van der Waals surface area contributed by atoms with Gasteiger partial charge in [0.05, 0.1) is 13.1 Å². The Hall–Kier alpha value is -1.05. The number of halogens is 1. The van der Waals surface area contributed by atoms with Crippen molar-refractivity contribution in [3.05, 3.63) is 28.2 Å². The number of fused-ring (bicyclic) bond motifs is 1. The summed E-state index contributed by atoms with van der Waals surface area (Å²) in [5.74, 6) is 0.854. The zero-order chi connectivity index (χ0) is 19.5. The maximum atomic E-state index is 12.6. The molecule has 7 heteroatoms. The molecule has 0 fully saturated rings. The van der Waals surface area contributed by atoms with Gasteiger partial charge < -0.3 is 10.2 Å². The van der Waals surface area contributed by atoms with Gasteiger partial charge in [0.2, 0.25) is 11.8 Å². The first-order chi connectivity index (χ1) is 12.1. The van der Waals surface area contributed by atoms with E-state index in [9.17, 15) is 9.59 Å². The van der Waals surface area contributed by atoms with E-state index < -0.39 is 0 Å². The normalized spacial score (nSPS) is 17.0. The number of benzene rings is 1. The minimum absolute atomic E-state index is 0.0497. The highest BCUT2D eigenvalue weighted by atomic mass is 79.9. The lowest BCUT2D eigenvalue weighted by Crippen LogP contribution is -2.48. The highest BCUT2D eigenvalue weighted by molar-refractivity contribution is 9.10. The molecule has 5 nitrogen and oxygen atoms in total. The quantitative estimate of drug-likeness (QED) is 0.761. The van der Waals surface area contributed by atoms with Crippen LogP contribution in [0, 0.1) is 0 Å². The van der Waals surface area contributed by atoms with E-state index in [0.29, 0.717) is 6.54 Å². The molecule has 1 atom stereocenters. The van der Waals surface area contributed by atoms with Crippen LogP contribution in [0.25, 0.3) is 0 Å². The maximum absolute atomic E-state index is 12.6. The Bertz CT molecular complexity index is 675. The fraction of sp³-hybridized carbons (Fsp3) is 0.579. The fourth-order valence-corrected chi connectivity index (χ4v) is 4.48. The van der Waals surface area contributed by atoms with Crippen molar-refractivity contribution in [2.45, 2.75) is 43.7 Å². The summed E-state index contributed by atoms with van der Waals surface area (Å²) in [4.78, 5) is 29.5. The molecule has 1 N–H and O–H groups in total. The predicted octanol–water partition coefficient (Wildman–Crippen LogP) is 3.29. The molecule has 0 saturated heterocycles. The van der Waals surface area contributed by atoms with Crippen LogP contribution < -0.4 is 5.32 Å². The number of likely N-dealkylation sites (N-methyl/N-ethyl adjacent to an activating group) is 2. The van der Waals surface area contributed by atoms with Gasteiger partial charge in [-0.3, -0.25) is 14.5 Å². The molecule has 1 aromatic carbocycles. The molecule has 1 unspecified atom stereocenters. The van der Waals surface area contributed by atoms with E-state index in [2.05, 4.69) is 44.3 Å². The Balaban J connectivity index is 1.97. The van der Waals surface area contributed by atoms with Crippen LogP contribution in [-0.2, 0) is 9.59 Å². The highest BCUT2D eigenvalue weighted by Gasteiger charge is 2.27. The number of rotatable bonds is 5. The van der Waals surface area contributed by atoms with Crippen LogP contribution in [0.4, 0.5) is 0 Å². The van der Waals surface area contributed by atoms with E-state index in [1.807, 2.05) is 39.6 Å². The first kappa shape index (κ1) is 21.3. The molecule has 0 radical (unpaired) electrons. The summed E-state index contributed by atoms with van der Waals surface area (Å²) in [6, 6.07) is 6.55. The van der Waals surface area contributed by atoms with Crippen LogP contribution in [0.5, 0.6) is 0 Å². The van der Waals surface area contributed by atoms with E-state index in [4.69, 9.17) is 0 Å². The Kier molecular flexibility index (Phi) is 7.16. The van der Waals surface area contributed by atoms with Crippen molar-refractivity contribution in [1.82, 2.24) is 15.1 Å². The second-order valence-corrected chi connectivity index (χ2v) is 9.85. The average Bonchev–Trinajstić information content (AvgIpc) is 2.52. The molecule has 1 aliphatic rings. The van der Waals surface area contributed by atoms with Gasteiger partial charge in [0.1, 0.15) is 0 Å². The average molecular weight is 442 g/mol. The van der Waals surface area contributed by atoms with E-state index in [1.54, 1.807) is 7.05 Å². The smallest absolute Gasteiger partial charge is 0.240 e. The van der Waals surface area contributed by atoms with Crippen molar-refractivity contribution in [3.63, 3.8) is 0 Å². The van der Waals surface area contributed by atoms with Crippen molar-refractivity contribution in [3.8, 4) is 0 Å². The van der Waals surface area contributed by atoms with Crippen LogP contribution in [0.3, 0.4) is 0 Å². The third-order valence-corrected chi connectivity index (χ3v) is 5.83. The summed E-state index contributed by atoms with van der Waals surface area (Å²) in [7, 11) is 3.66. The number of carbonyl (C=O) groups is 2. The molecule has 26 heavy (non-hydrogen) atoms. The lowest BCUT2D eigenvalue weighted by Gasteiger charge is -2.33. The topological polar surface area (TPSA) is 52.7 Å². The number of carbonyl (C=O) groups excluding carboxylic acids is 2. The van der Waals surface area contributed by atoms with Gasteiger partial charge in [-0.25, -0.2) is 0 Å². The Labute approximate surface area is 169 Å². The van der Waals surface area contributed by atoms with Gasteiger partial charge in [0, 0.05) is 28.0 Å². The second-order valence-electron chi connectivity index (χ2n) is 7.80. The summed E-state index contributed by atoms with van der Waals surface area (Å²) in [6.45, 7) is 6.15. The first-order valence-electron chi connectivity index (χ1n) is 8.74. The number of hydrogen-bond donors (Lipinski definition) is 1. The highest BCUT2D eigenvalue weighted by Crippen LogP contribution is 2.40. The Morgan fingerprint density at radius 1 is 1.27 bits per heavy atom. The molecule has 1 aliphatic heterocycles. The molecule has 0 aromatic heterocycles. The van der Waals surface area contributed by atoms with Gasteiger partial charge in [-0.2, -0.15) is 0 Å². The van der Waals surface area contributed by atoms with Crippen LogP contribution >= 0.6 is 27.7 Å². The van der Waals surface area contributed by atoms with Gasteiger partial charge in [0.25, 0.3) is 0 Å². The van der Waals surface area contributed by atoms with Gasteiger partial charge >= 0.3 is 0 Å². The van der Waals surface area contributed by atoms with Crippen molar-refractivity contribution >= 4 is 39.5 Å². The molecule has 0 saturated carbocycles. The third-order valence-electron chi connectivity index (χ3n) is 4.22. The summed E-state index contributed by atoms with van der Waals surface area (Å²) in [5, 5.41) is 2.89. The molecule has 2 amide bonds. The molecule has 144 valence electrons. The van der Waals surface area contributed by atoms with E-state index >= 15 is 0 Å². The third kappa shape index (κ3) is 5.99. The lowest BCUT2D eigenvalue weighted by atomic mass is 10.0. The predicted molar refractivity (Wildman–Crippen MR) is 110 cm³/mol. The summed E-state index contributed by atoms with van der Waals surface area (Å²) in [5.41, 5.74) is 0.966. The van der Waals surface area contributed by atoms with Crippen LogP contribution in [0.1, 0.15) is 38.8 Å². The lowest BCUT2D eigenvalue weighted by molar-refractivity contribution is -0.136. The largest absolute Gasteiger partial charge is 0.350 e. The van der Waals surface area contributed by atoms with Crippen molar-refractivity contribution in [1.29, 1.82) is 0 Å². The minimum atomic E-state index is -0.297. The number of hydrogen-bond acceptors (Lipinski definition) is 4. The Morgan fingerprint density at radius 2 is 1.96 bits per heavy atom. The zero-order valence-electron chi connectivity index (χ0n) is 16.1. The van der Waals surface area contributed by atoms with Crippen LogP contribution in [0.2, 0.25) is 0 Å². The fourth-order valence-electron chi connectivity index (χ4n) is 3.01. The van der Waals surface area contributed by atoms with Crippen molar-refractivity contribution in [2.24, 2.45) is 0 Å². The molecule has 0 spiro atoms. The molecule has 1 aromatic rings. The molecule has 0 bridgehead atoms. The van der Waals surface area contributed by atoms with E-state index in [-0.39, 0.29) is 29.9 Å². The Morgan fingerprint density at radius 3 is 2.62 bits per heavy atom. The van der Waals surface area contributed by atoms with Crippen LogP contribution in [0.15, 0.2) is 27.6 Å². The summed E-state index contributed by atoms with van der Waals surface area (Å²) < 4.78 is 1.06. The standard InChI is InChI=1S/C19H28BrN3O2S/c1-19(2,3)21-17(24)11-23(5)18(25)12-22(4)15-8-9-26-16-7-6-13(20)10-14(15)16/h6-7,10,15H,8-9,11-12H2,1-5H3,(H,21,24). The van der Waals surface area contributed by atoms with Gasteiger partial charge in [-0.1, -0.05) is 15.9 Å². The number of thioether (sulfide) groups is 1. The minimum Gasteiger partial charge on any atom is -0.350 e. The molecule has 0 aliphatic carbocycles. The van der Waals surface area contributed by atoms with Crippen molar-refractivity contribution in [2.75, 3.05) is 32.9 Å². The van der Waals surface area contributed by atoms with Crippen molar-refractivity contribution < 1.29 is 9.59 Å².